The van der Waals surface area contributed by atoms with Gasteiger partial charge >= 0.3 is 0 Å². The second kappa shape index (κ2) is 4.52. The lowest BCUT2D eigenvalue weighted by Crippen LogP contribution is -2.43. The summed E-state index contributed by atoms with van der Waals surface area (Å²) in [5.74, 6) is -0.0938. The number of hydrogen-bond acceptors (Lipinski definition) is 4. The highest BCUT2D eigenvalue weighted by molar-refractivity contribution is 7.91. The predicted octanol–water partition coefficient (Wildman–Crippen LogP) is 0.621. The standard InChI is InChI=1S/C13H15N3O3S/c14-9-1-2-12-10(7-9)11(8-15-12)13(17)16-3-5-20(18,19)6-4-16/h1-2,7-8,15H,3-6,14H2. The zero-order chi connectivity index (χ0) is 14.3. The van der Waals surface area contributed by atoms with Crippen LogP contribution in [0.4, 0.5) is 5.69 Å². The molecule has 2 aromatic rings. The Labute approximate surface area is 116 Å². The molecule has 0 atom stereocenters. The van der Waals surface area contributed by atoms with E-state index in [0.29, 0.717) is 11.3 Å². The molecule has 0 spiro atoms. The molecule has 3 rings (SSSR count). The molecule has 3 N–H and O–H groups in total. The van der Waals surface area contributed by atoms with Crippen molar-refractivity contribution in [2.45, 2.75) is 0 Å². The molecule has 0 unspecified atom stereocenters. The summed E-state index contributed by atoms with van der Waals surface area (Å²) < 4.78 is 22.8. The fraction of sp³-hybridized carbons (Fsp3) is 0.308. The van der Waals surface area contributed by atoms with E-state index in [1.54, 1.807) is 23.2 Å². The number of benzene rings is 1. The van der Waals surface area contributed by atoms with E-state index in [1.165, 1.54) is 0 Å². The summed E-state index contributed by atoms with van der Waals surface area (Å²) in [6, 6.07) is 5.34. The molecule has 0 saturated carbocycles. The quantitative estimate of drug-likeness (QED) is 0.753. The van der Waals surface area contributed by atoms with E-state index in [9.17, 15) is 13.2 Å². The van der Waals surface area contributed by atoms with E-state index >= 15 is 0 Å². The topological polar surface area (TPSA) is 96.3 Å². The van der Waals surface area contributed by atoms with Crippen molar-refractivity contribution in [3.8, 4) is 0 Å². The zero-order valence-corrected chi connectivity index (χ0v) is 11.6. The van der Waals surface area contributed by atoms with Gasteiger partial charge in [-0.05, 0) is 18.2 Å². The molecule has 1 amide bonds. The third kappa shape index (κ3) is 2.24. The summed E-state index contributed by atoms with van der Waals surface area (Å²) >= 11 is 0. The fourth-order valence-electron chi connectivity index (χ4n) is 2.40. The number of anilines is 1. The van der Waals surface area contributed by atoms with E-state index in [1.807, 2.05) is 6.07 Å². The number of aromatic amines is 1. The molecule has 1 saturated heterocycles. The van der Waals surface area contributed by atoms with E-state index in [4.69, 9.17) is 5.73 Å². The second-order valence-electron chi connectivity index (χ2n) is 4.95. The lowest BCUT2D eigenvalue weighted by molar-refractivity contribution is 0.0772. The number of H-pyrrole nitrogens is 1. The van der Waals surface area contributed by atoms with Crippen LogP contribution in [0.15, 0.2) is 24.4 Å². The number of rotatable bonds is 1. The maximum absolute atomic E-state index is 12.5. The smallest absolute Gasteiger partial charge is 0.256 e. The van der Waals surface area contributed by atoms with Crippen LogP contribution >= 0.6 is 0 Å². The number of nitrogens with zero attached hydrogens (tertiary/aromatic N) is 1. The molecule has 0 radical (unpaired) electrons. The lowest BCUT2D eigenvalue weighted by Gasteiger charge is -2.26. The highest BCUT2D eigenvalue weighted by atomic mass is 32.2. The van der Waals surface area contributed by atoms with Crippen LogP contribution in [0.2, 0.25) is 0 Å². The Hall–Kier alpha value is -2.02. The summed E-state index contributed by atoms with van der Waals surface area (Å²) in [7, 11) is -2.99. The Balaban J connectivity index is 1.91. The van der Waals surface area contributed by atoms with Crippen LogP contribution in [0, 0.1) is 0 Å². The number of amides is 1. The van der Waals surface area contributed by atoms with Gasteiger partial charge in [-0.2, -0.15) is 0 Å². The van der Waals surface area contributed by atoms with Gasteiger partial charge in [-0.3, -0.25) is 4.79 Å². The number of nitrogen functional groups attached to an aromatic ring is 1. The monoisotopic (exact) mass is 293 g/mol. The molecule has 1 aliphatic rings. The van der Waals surface area contributed by atoms with Crippen LogP contribution in [0.1, 0.15) is 10.4 Å². The molecule has 106 valence electrons. The molecule has 0 bridgehead atoms. The molecule has 2 heterocycles. The van der Waals surface area contributed by atoms with Crippen LogP contribution in [0.3, 0.4) is 0 Å². The summed E-state index contributed by atoms with van der Waals surface area (Å²) in [5, 5.41) is 0.767. The molecule has 1 fully saturated rings. The maximum Gasteiger partial charge on any atom is 0.256 e. The van der Waals surface area contributed by atoms with Crippen LogP contribution in [0.5, 0.6) is 0 Å². The number of sulfone groups is 1. The van der Waals surface area contributed by atoms with Crippen molar-refractivity contribution in [2.75, 3.05) is 30.3 Å². The van der Waals surface area contributed by atoms with E-state index in [-0.39, 0.29) is 30.5 Å². The van der Waals surface area contributed by atoms with Crippen molar-refractivity contribution >= 4 is 32.3 Å². The fourth-order valence-corrected chi connectivity index (χ4v) is 3.60. The van der Waals surface area contributed by atoms with Crippen molar-refractivity contribution in [1.29, 1.82) is 0 Å². The van der Waals surface area contributed by atoms with Gasteiger partial charge in [0.15, 0.2) is 9.84 Å². The first-order valence-electron chi connectivity index (χ1n) is 6.32. The first kappa shape index (κ1) is 13.0. The molecule has 1 aromatic heterocycles. The van der Waals surface area contributed by atoms with Crippen LogP contribution in [-0.2, 0) is 9.84 Å². The van der Waals surface area contributed by atoms with Crippen LogP contribution in [-0.4, -0.2) is 48.8 Å². The summed E-state index contributed by atoms with van der Waals surface area (Å²) in [6.07, 6.45) is 1.65. The Morgan fingerprint density at radius 3 is 2.65 bits per heavy atom. The van der Waals surface area contributed by atoms with Crippen LogP contribution < -0.4 is 5.73 Å². The Morgan fingerprint density at radius 2 is 1.95 bits per heavy atom. The number of hydrogen-bond donors (Lipinski definition) is 2. The van der Waals surface area contributed by atoms with Crippen molar-refractivity contribution in [3.05, 3.63) is 30.0 Å². The minimum atomic E-state index is -2.99. The van der Waals surface area contributed by atoms with E-state index < -0.39 is 9.84 Å². The zero-order valence-electron chi connectivity index (χ0n) is 10.8. The Morgan fingerprint density at radius 1 is 1.25 bits per heavy atom. The van der Waals surface area contributed by atoms with Gasteiger partial charge in [-0.25, -0.2) is 8.42 Å². The first-order valence-corrected chi connectivity index (χ1v) is 8.15. The number of nitrogens with two attached hydrogens (primary N) is 1. The number of carbonyl (C=O) groups excluding carboxylic acids is 1. The molecule has 7 heteroatoms. The molecule has 6 nitrogen and oxygen atoms in total. The minimum Gasteiger partial charge on any atom is -0.399 e. The molecule has 20 heavy (non-hydrogen) atoms. The van der Waals surface area contributed by atoms with Crippen molar-refractivity contribution in [3.63, 3.8) is 0 Å². The second-order valence-corrected chi connectivity index (χ2v) is 7.26. The first-order chi connectivity index (χ1) is 9.46. The van der Waals surface area contributed by atoms with E-state index in [0.717, 1.165) is 10.9 Å². The lowest BCUT2D eigenvalue weighted by atomic mass is 10.1. The van der Waals surface area contributed by atoms with Crippen molar-refractivity contribution < 1.29 is 13.2 Å². The average Bonchev–Trinajstić information content (AvgIpc) is 2.81. The van der Waals surface area contributed by atoms with Crippen molar-refractivity contribution in [1.82, 2.24) is 9.88 Å². The van der Waals surface area contributed by atoms with Gasteiger partial charge < -0.3 is 15.6 Å². The highest BCUT2D eigenvalue weighted by Crippen LogP contribution is 2.22. The third-order valence-corrected chi connectivity index (χ3v) is 5.18. The minimum absolute atomic E-state index is 0.0310. The van der Waals surface area contributed by atoms with Gasteiger partial charge in [0.1, 0.15) is 0 Å². The van der Waals surface area contributed by atoms with Gasteiger partial charge in [0.25, 0.3) is 5.91 Å². The number of aromatic nitrogens is 1. The van der Waals surface area contributed by atoms with Gasteiger partial charge in [0.2, 0.25) is 0 Å². The van der Waals surface area contributed by atoms with E-state index in [2.05, 4.69) is 4.98 Å². The van der Waals surface area contributed by atoms with Gasteiger partial charge in [-0.15, -0.1) is 0 Å². The summed E-state index contributed by atoms with van der Waals surface area (Å²) in [5.41, 5.74) is 7.71. The average molecular weight is 293 g/mol. The predicted molar refractivity (Wildman–Crippen MR) is 77.3 cm³/mol. The molecule has 1 aromatic carbocycles. The van der Waals surface area contributed by atoms with Gasteiger partial charge in [-0.1, -0.05) is 0 Å². The Bertz CT molecular complexity index is 765. The molecular formula is C13H15N3O3S. The van der Waals surface area contributed by atoms with Crippen molar-refractivity contribution in [2.24, 2.45) is 0 Å². The number of nitrogens with one attached hydrogen (secondary N) is 1. The SMILES string of the molecule is Nc1ccc2[nH]cc(C(=O)N3CCS(=O)(=O)CC3)c2c1. The third-order valence-electron chi connectivity index (χ3n) is 3.57. The van der Waals surface area contributed by atoms with Crippen LogP contribution in [0.25, 0.3) is 10.9 Å². The van der Waals surface area contributed by atoms with Gasteiger partial charge in [0, 0.05) is 35.9 Å². The number of fused-ring (bicyclic) bond motifs is 1. The Kier molecular flexibility index (Phi) is 2.93. The largest absolute Gasteiger partial charge is 0.399 e. The summed E-state index contributed by atoms with van der Waals surface area (Å²) in [4.78, 5) is 17.1. The summed E-state index contributed by atoms with van der Waals surface area (Å²) in [6.45, 7) is 0.492. The molecule has 1 aliphatic heterocycles. The highest BCUT2D eigenvalue weighted by Gasteiger charge is 2.26. The van der Waals surface area contributed by atoms with Gasteiger partial charge in [0.05, 0.1) is 17.1 Å². The maximum atomic E-state index is 12.5. The normalized spacial score (nSPS) is 18.3. The molecular weight excluding hydrogens is 278 g/mol. The number of carbonyl (C=O) groups is 1. The molecule has 0 aliphatic carbocycles.